The molecule has 0 saturated carbocycles. The van der Waals surface area contributed by atoms with Crippen LogP contribution in [0.2, 0.25) is 0 Å². The quantitative estimate of drug-likeness (QED) is 0.284. The molecule has 0 radical (unpaired) electrons. The maximum absolute atomic E-state index is 13.3. The summed E-state index contributed by atoms with van der Waals surface area (Å²) in [7, 11) is 0. The molecule has 2 aromatic carbocycles. The summed E-state index contributed by atoms with van der Waals surface area (Å²) in [5.74, 6) is 2.41. The Balaban J connectivity index is 1.60. The zero-order valence-corrected chi connectivity index (χ0v) is 21.1. The van der Waals surface area contributed by atoms with Crippen molar-refractivity contribution < 1.29 is 45.8 Å². The van der Waals surface area contributed by atoms with Crippen LogP contribution in [0.25, 0.3) is 0 Å². The lowest BCUT2D eigenvalue weighted by molar-refractivity contribution is -0.143. The molecule has 214 valence electrons. The number of nitrogens with zero attached hydrogens (tertiary/aromatic N) is 1. The number of imide groups is 1. The Morgan fingerprint density at radius 1 is 1.02 bits per heavy atom. The normalized spacial score (nSPS) is 23.9. The third-order valence-corrected chi connectivity index (χ3v) is 7.03. The summed E-state index contributed by atoms with van der Waals surface area (Å²) in [5.41, 5.74) is -4.96. The number of ether oxygens (including phenoxy) is 1. The highest BCUT2D eigenvalue weighted by Crippen LogP contribution is 2.39. The van der Waals surface area contributed by atoms with Crippen molar-refractivity contribution in [1.82, 2.24) is 15.5 Å². The van der Waals surface area contributed by atoms with E-state index in [-0.39, 0.29) is 37.6 Å². The molecule has 2 saturated heterocycles. The highest BCUT2D eigenvalue weighted by atomic mass is 19.4. The molecule has 0 bridgehead atoms. The number of rotatable bonds is 5. The van der Waals surface area contributed by atoms with E-state index in [1.54, 1.807) is 30.3 Å². The second-order valence-electron chi connectivity index (χ2n) is 9.64. The maximum atomic E-state index is 13.3. The average molecular weight is 570 g/mol. The fraction of sp³-hybridized carbons (Fsp3) is 0.407. The number of β-amino-alcohol motifs (C(OH)–C–C–N with tert-alkyl or cyclic N) is 1. The van der Waals surface area contributed by atoms with Gasteiger partial charge in [-0.3, -0.25) is 15.0 Å². The van der Waals surface area contributed by atoms with Crippen molar-refractivity contribution in [2.45, 2.75) is 49.3 Å². The van der Waals surface area contributed by atoms with Crippen molar-refractivity contribution in [2.75, 3.05) is 19.7 Å². The van der Waals surface area contributed by atoms with Crippen LogP contribution in [0.15, 0.2) is 48.5 Å². The van der Waals surface area contributed by atoms with Gasteiger partial charge in [-0.25, -0.2) is 4.79 Å². The average Bonchev–Trinajstić information content (AvgIpc) is 3.13. The number of amides is 3. The fourth-order valence-corrected chi connectivity index (χ4v) is 4.78. The minimum atomic E-state index is -5.00. The molecular weight excluding hydrogens is 544 g/mol. The number of aliphatic hydroxyl groups is 1. The van der Waals surface area contributed by atoms with Gasteiger partial charge in [-0.05, 0) is 55.0 Å². The predicted octanol–water partition coefficient (Wildman–Crippen LogP) is 4.32. The Morgan fingerprint density at radius 3 is 2.17 bits per heavy atom. The molecular formula is C27H25F6N3O4. The molecule has 4 rings (SSSR count). The van der Waals surface area contributed by atoms with E-state index in [2.05, 4.69) is 22.7 Å². The maximum Gasteiger partial charge on any atom is 0.416 e. The molecule has 13 heteroatoms. The van der Waals surface area contributed by atoms with Crippen LogP contribution in [0.3, 0.4) is 0 Å². The predicted molar refractivity (Wildman–Crippen MR) is 129 cm³/mol. The standard InChI is InChI=1S/C27H25F6N3O4/c1-17(18-13-20(26(28,29)30)15-21(14-18)27(31,32)33)40-12-9-24(19-5-3-2-4-6-19)7-8-25(16-34-24)22(38)36(10-11-37)23(39)35-25/h2-6,13-15,17,34,37H,7-8,10-11,16H2,1H3,(H,35,39)/t17-,24-,25-/m1/s1. The zero-order chi connectivity index (χ0) is 29.3. The minimum Gasteiger partial charge on any atom is -0.439 e. The SMILES string of the molecule is C[C@@H](OC#C[C@@]1(c2ccccc2)CC[C@]2(CN1)NC(=O)N(CCO)C2=O)c1cc(C(F)(F)F)cc(C(F)(F)F)c1. The van der Waals surface area contributed by atoms with E-state index in [0.29, 0.717) is 17.7 Å². The number of alkyl halides is 6. The Kier molecular flexibility index (Phi) is 7.79. The molecule has 1 spiro atoms. The molecule has 7 nitrogen and oxygen atoms in total. The smallest absolute Gasteiger partial charge is 0.416 e. The molecule has 0 aromatic heterocycles. The first-order valence-corrected chi connectivity index (χ1v) is 12.2. The van der Waals surface area contributed by atoms with Crippen molar-refractivity contribution >= 4 is 11.9 Å². The van der Waals surface area contributed by atoms with Crippen molar-refractivity contribution in [3.63, 3.8) is 0 Å². The van der Waals surface area contributed by atoms with Gasteiger partial charge in [0, 0.05) is 6.54 Å². The number of hydrogen-bond donors (Lipinski definition) is 3. The number of hydrogen-bond acceptors (Lipinski definition) is 5. The number of benzene rings is 2. The van der Waals surface area contributed by atoms with E-state index in [1.165, 1.54) is 6.92 Å². The largest absolute Gasteiger partial charge is 0.439 e. The van der Waals surface area contributed by atoms with Gasteiger partial charge < -0.3 is 15.2 Å². The van der Waals surface area contributed by atoms with Gasteiger partial charge in [0.1, 0.15) is 23.3 Å². The first-order valence-electron chi connectivity index (χ1n) is 12.2. The van der Waals surface area contributed by atoms with Gasteiger partial charge >= 0.3 is 18.4 Å². The van der Waals surface area contributed by atoms with Crippen LogP contribution in [-0.4, -0.2) is 47.2 Å². The van der Waals surface area contributed by atoms with Gasteiger partial charge in [0.25, 0.3) is 5.91 Å². The molecule has 2 aromatic rings. The second-order valence-corrected chi connectivity index (χ2v) is 9.64. The van der Waals surface area contributed by atoms with E-state index in [1.807, 2.05) is 0 Å². The molecule has 40 heavy (non-hydrogen) atoms. The summed E-state index contributed by atoms with van der Waals surface area (Å²) in [6, 6.07) is 9.38. The number of piperidine rings is 1. The Hall–Kier alpha value is -3.76. The highest BCUT2D eigenvalue weighted by molar-refractivity contribution is 6.07. The molecule has 0 aliphatic carbocycles. The first-order chi connectivity index (χ1) is 18.7. The first kappa shape index (κ1) is 29.2. The van der Waals surface area contributed by atoms with Crippen LogP contribution >= 0.6 is 0 Å². The number of urea groups is 1. The van der Waals surface area contributed by atoms with Crippen LogP contribution in [0.4, 0.5) is 31.1 Å². The van der Waals surface area contributed by atoms with E-state index in [4.69, 9.17) is 4.74 Å². The lowest BCUT2D eigenvalue weighted by atomic mass is 9.76. The lowest BCUT2D eigenvalue weighted by Crippen LogP contribution is -2.63. The summed E-state index contributed by atoms with van der Waals surface area (Å²) in [6.45, 7) is 0.702. The molecule has 3 amide bonds. The fourth-order valence-electron chi connectivity index (χ4n) is 4.78. The van der Waals surface area contributed by atoms with Crippen molar-refractivity contribution in [1.29, 1.82) is 0 Å². The van der Waals surface area contributed by atoms with E-state index in [9.17, 15) is 41.0 Å². The summed E-state index contributed by atoms with van der Waals surface area (Å²) >= 11 is 0. The Morgan fingerprint density at radius 2 is 1.65 bits per heavy atom. The Labute approximate surface area is 225 Å². The number of carbonyl (C=O) groups is 2. The van der Waals surface area contributed by atoms with E-state index >= 15 is 0 Å². The number of carbonyl (C=O) groups excluding carboxylic acids is 2. The van der Waals surface area contributed by atoms with Gasteiger partial charge in [-0.1, -0.05) is 30.3 Å². The van der Waals surface area contributed by atoms with E-state index in [0.717, 1.165) is 4.90 Å². The summed E-state index contributed by atoms with van der Waals surface area (Å²) in [6.07, 6.45) is -8.44. The topological polar surface area (TPSA) is 90.9 Å². The summed E-state index contributed by atoms with van der Waals surface area (Å²) < 4.78 is 85.0. The van der Waals surface area contributed by atoms with Crippen LogP contribution in [0.5, 0.6) is 0 Å². The van der Waals surface area contributed by atoms with Crippen LogP contribution in [0, 0.1) is 12.0 Å². The monoisotopic (exact) mass is 569 g/mol. The second kappa shape index (κ2) is 10.7. The van der Waals surface area contributed by atoms with Crippen LogP contribution < -0.4 is 10.6 Å². The van der Waals surface area contributed by atoms with Crippen LogP contribution in [-0.2, 0) is 27.4 Å². The van der Waals surface area contributed by atoms with Gasteiger partial charge in [0.2, 0.25) is 0 Å². The van der Waals surface area contributed by atoms with E-state index < -0.39 is 59.2 Å². The van der Waals surface area contributed by atoms with Crippen LogP contribution in [0.1, 0.15) is 48.1 Å². The highest BCUT2D eigenvalue weighted by Gasteiger charge is 2.55. The summed E-state index contributed by atoms with van der Waals surface area (Å²) in [5, 5.41) is 15.0. The molecule has 3 atom stereocenters. The van der Waals surface area contributed by atoms with Gasteiger partial charge in [0.05, 0.1) is 24.3 Å². The van der Waals surface area contributed by atoms with Crippen molar-refractivity contribution in [3.8, 4) is 12.0 Å². The molecule has 0 unspecified atom stereocenters. The minimum absolute atomic E-state index is 0.0266. The Bertz CT molecular complexity index is 1290. The van der Waals surface area contributed by atoms with Crippen molar-refractivity contribution in [3.05, 3.63) is 70.8 Å². The van der Waals surface area contributed by atoms with Gasteiger partial charge in [-0.2, -0.15) is 26.3 Å². The van der Waals surface area contributed by atoms with Crippen molar-refractivity contribution in [2.24, 2.45) is 0 Å². The molecule has 2 aliphatic heterocycles. The third-order valence-electron chi connectivity index (χ3n) is 7.03. The lowest BCUT2D eigenvalue weighted by Gasteiger charge is -2.41. The zero-order valence-electron chi connectivity index (χ0n) is 21.1. The number of nitrogens with one attached hydrogen (secondary N) is 2. The number of aliphatic hydroxyl groups excluding tert-OH is 1. The molecule has 3 N–H and O–H groups in total. The summed E-state index contributed by atoms with van der Waals surface area (Å²) in [4.78, 5) is 26.2. The molecule has 2 heterocycles. The number of halogens is 6. The molecule has 2 fully saturated rings. The molecule has 2 aliphatic rings. The van der Waals surface area contributed by atoms with Gasteiger partial charge in [0.15, 0.2) is 0 Å². The van der Waals surface area contributed by atoms with Gasteiger partial charge in [-0.15, -0.1) is 0 Å². The third kappa shape index (κ3) is 5.73.